The molecule has 1 aromatic carbocycles. The molecule has 30 heavy (non-hydrogen) atoms. The first-order valence-corrected chi connectivity index (χ1v) is 9.69. The molecule has 158 valence electrons. The molecule has 0 fully saturated rings. The number of carbonyl (C=O) groups excluding carboxylic acids is 2. The lowest BCUT2D eigenvalue weighted by Gasteiger charge is -2.22. The van der Waals surface area contributed by atoms with E-state index in [1.807, 2.05) is 0 Å². The summed E-state index contributed by atoms with van der Waals surface area (Å²) in [6.07, 6.45) is 1.44. The molecule has 2 N–H and O–H groups in total. The molecule has 0 radical (unpaired) electrons. The van der Waals surface area contributed by atoms with Gasteiger partial charge >= 0.3 is 13.1 Å². The minimum absolute atomic E-state index is 0.149. The molecule has 0 saturated heterocycles. The van der Waals surface area contributed by atoms with Crippen molar-refractivity contribution in [1.29, 1.82) is 0 Å². The minimum atomic E-state index is -1.07. The first kappa shape index (κ1) is 21.9. The number of carbonyl (C=O) groups is 2. The van der Waals surface area contributed by atoms with Crippen LogP contribution in [0.1, 0.15) is 46.6 Å². The van der Waals surface area contributed by atoms with Gasteiger partial charge in [0, 0.05) is 17.3 Å². The largest absolute Gasteiger partial charge is 0.492 e. The van der Waals surface area contributed by atoms with E-state index in [4.69, 9.17) is 9.39 Å². The van der Waals surface area contributed by atoms with E-state index in [0.717, 1.165) is 5.56 Å². The second kappa shape index (κ2) is 8.93. The van der Waals surface area contributed by atoms with E-state index in [1.54, 1.807) is 39.8 Å². The fourth-order valence-corrected chi connectivity index (χ4v) is 3.34. The summed E-state index contributed by atoms with van der Waals surface area (Å²) in [6.45, 7) is 6.98. The van der Waals surface area contributed by atoms with Gasteiger partial charge in [0.15, 0.2) is 0 Å². The molecule has 1 atom stereocenters. The number of nitrogens with one attached hydrogen (secondary N) is 1. The Hall–Kier alpha value is -2.78. The second-order valence-corrected chi connectivity index (χ2v) is 7.69. The summed E-state index contributed by atoms with van der Waals surface area (Å²) in [5.74, 6) is -1.79. The molecular formula is C21H24BFN2O5. The minimum Gasteiger partial charge on any atom is -0.459 e. The molecular weight excluding hydrogens is 390 g/mol. The lowest BCUT2D eigenvalue weighted by atomic mass is 9.75. The van der Waals surface area contributed by atoms with Crippen molar-refractivity contribution in [2.45, 2.75) is 47.0 Å². The second-order valence-electron chi connectivity index (χ2n) is 7.69. The van der Waals surface area contributed by atoms with Crippen molar-refractivity contribution in [3.8, 4) is 0 Å². The number of amides is 1. The number of aromatic nitrogens is 1. The third-order valence-corrected chi connectivity index (χ3v) is 5.16. The van der Waals surface area contributed by atoms with Crippen LogP contribution in [0.4, 0.5) is 4.39 Å². The molecule has 3 rings (SSSR count). The zero-order valence-corrected chi connectivity index (χ0v) is 17.4. The number of benzene rings is 1. The third kappa shape index (κ3) is 4.52. The Kier molecular flexibility index (Phi) is 6.53. The lowest BCUT2D eigenvalue weighted by molar-refractivity contribution is -0.148. The molecule has 0 aliphatic carbocycles. The lowest BCUT2D eigenvalue weighted by Crippen LogP contribution is -2.46. The summed E-state index contributed by atoms with van der Waals surface area (Å²) in [6, 6.07) is 3.75. The molecule has 2 aromatic rings. The molecule has 0 bridgehead atoms. The Bertz CT molecular complexity index is 982. The quantitative estimate of drug-likeness (QED) is 0.550. The maximum atomic E-state index is 13.6. The van der Waals surface area contributed by atoms with Gasteiger partial charge in [0.2, 0.25) is 0 Å². The van der Waals surface area contributed by atoms with Gasteiger partial charge in [-0.05, 0) is 48.5 Å². The average molecular weight is 414 g/mol. The van der Waals surface area contributed by atoms with Crippen LogP contribution in [0.5, 0.6) is 0 Å². The molecule has 0 saturated carbocycles. The Morgan fingerprint density at radius 3 is 2.77 bits per heavy atom. The number of fused-ring (bicyclic) bond motifs is 1. The van der Waals surface area contributed by atoms with Crippen LogP contribution in [-0.4, -0.2) is 35.0 Å². The molecule has 9 heteroatoms. The predicted molar refractivity (Wildman–Crippen MR) is 108 cm³/mol. The SMILES string of the molecule is Cc1ncc(COC(=O)[C@@H](NC(=O)c2ccc3c(c2C)B(O)OC3)C(C)C)cc1F. The topological polar surface area (TPSA) is 97.8 Å². The molecule has 0 unspecified atom stereocenters. The first-order chi connectivity index (χ1) is 14.2. The number of hydrogen-bond donors (Lipinski definition) is 2. The van der Waals surface area contributed by atoms with Crippen LogP contribution in [0.2, 0.25) is 0 Å². The van der Waals surface area contributed by atoms with Crippen LogP contribution in [0.25, 0.3) is 0 Å². The van der Waals surface area contributed by atoms with Crippen molar-refractivity contribution >= 4 is 24.5 Å². The van der Waals surface area contributed by atoms with Crippen molar-refractivity contribution in [2.24, 2.45) is 5.92 Å². The van der Waals surface area contributed by atoms with E-state index in [0.29, 0.717) is 22.2 Å². The highest BCUT2D eigenvalue weighted by Gasteiger charge is 2.32. The van der Waals surface area contributed by atoms with Crippen LogP contribution in [-0.2, 0) is 27.4 Å². The highest BCUT2D eigenvalue weighted by molar-refractivity contribution is 6.62. The van der Waals surface area contributed by atoms with E-state index in [1.165, 1.54) is 12.3 Å². The maximum Gasteiger partial charge on any atom is 0.492 e. The van der Waals surface area contributed by atoms with Crippen molar-refractivity contribution in [1.82, 2.24) is 10.3 Å². The third-order valence-electron chi connectivity index (χ3n) is 5.16. The van der Waals surface area contributed by atoms with Crippen LogP contribution < -0.4 is 10.8 Å². The Morgan fingerprint density at radius 1 is 1.37 bits per heavy atom. The highest BCUT2D eigenvalue weighted by Crippen LogP contribution is 2.17. The zero-order chi connectivity index (χ0) is 22.0. The fourth-order valence-electron chi connectivity index (χ4n) is 3.34. The van der Waals surface area contributed by atoms with Gasteiger partial charge in [0.05, 0.1) is 12.3 Å². The number of halogens is 1. The summed E-state index contributed by atoms with van der Waals surface area (Å²) in [5.41, 5.74) is 3.05. The normalized spacial score (nSPS) is 13.9. The van der Waals surface area contributed by atoms with Gasteiger partial charge in [0.25, 0.3) is 5.91 Å². The van der Waals surface area contributed by atoms with Gasteiger partial charge < -0.3 is 19.7 Å². The van der Waals surface area contributed by atoms with Crippen LogP contribution >= 0.6 is 0 Å². The summed E-state index contributed by atoms with van der Waals surface area (Å²) in [5, 5.41) is 12.7. The smallest absolute Gasteiger partial charge is 0.459 e. The van der Waals surface area contributed by atoms with Crippen molar-refractivity contribution in [2.75, 3.05) is 0 Å². The molecule has 0 spiro atoms. The van der Waals surface area contributed by atoms with Crippen LogP contribution in [0.3, 0.4) is 0 Å². The fraction of sp³-hybridized carbons (Fsp3) is 0.381. The summed E-state index contributed by atoms with van der Waals surface area (Å²) < 4.78 is 24.1. The van der Waals surface area contributed by atoms with Crippen molar-refractivity contribution < 1.29 is 28.4 Å². The number of pyridine rings is 1. The molecule has 7 nitrogen and oxygen atoms in total. The Morgan fingerprint density at radius 2 is 2.10 bits per heavy atom. The Balaban J connectivity index is 1.71. The molecule has 2 heterocycles. The number of nitrogens with zero attached hydrogens (tertiary/aromatic N) is 1. The van der Waals surface area contributed by atoms with Crippen molar-refractivity contribution in [3.05, 3.63) is 58.2 Å². The molecule has 1 aliphatic heterocycles. The van der Waals surface area contributed by atoms with E-state index in [2.05, 4.69) is 10.3 Å². The maximum absolute atomic E-state index is 13.6. The number of hydrogen-bond acceptors (Lipinski definition) is 6. The number of rotatable bonds is 6. The highest BCUT2D eigenvalue weighted by atomic mass is 19.1. The molecule has 1 aliphatic rings. The van der Waals surface area contributed by atoms with E-state index in [9.17, 15) is 19.0 Å². The standard InChI is InChI=1S/C21H24BFN2O5/c1-11(2)19(21(27)29-9-14-7-17(23)13(4)24-8-14)25-20(26)16-6-5-15-10-30-22(28)18(15)12(16)3/h5-8,11,19,28H,9-10H2,1-4H3,(H,25,26)/t19-/m0/s1. The van der Waals surface area contributed by atoms with Gasteiger partial charge in [-0.25, -0.2) is 9.18 Å². The predicted octanol–water partition coefficient (Wildman–Crippen LogP) is 1.55. The molecule has 1 aromatic heterocycles. The van der Waals surface area contributed by atoms with Crippen molar-refractivity contribution in [3.63, 3.8) is 0 Å². The number of ether oxygens (including phenoxy) is 1. The van der Waals surface area contributed by atoms with Gasteiger partial charge in [-0.15, -0.1) is 0 Å². The molecule has 1 amide bonds. The number of esters is 1. The first-order valence-electron chi connectivity index (χ1n) is 9.69. The van der Waals surface area contributed by atoms with E-state index >= 15 is 0 Å². The van der Waals surface area contributed by atoms with Crippen LogP contribution in [0, 0.1) is 25.6 Å². The monoisotopic (exact) mass is 414 g/mol. The number of aryl methyl sites for hydroxylation is 1. The summed E-state index contributed by atoms with van der Waals surface area (Å²) >= 11 is 0. The van der Waals surface area contributed by atoms with Gasteiger partial charge in [0.1, 0.15) is 18.5 Å². The van der Waals surface area contributed by atoms with Gasteiger partial charge in [-0.1, -0.05) is 19.9 Å². The zero-order valence-electron chi connectivity index (χ0n) is 17.4. The van der Waals surface area contributed by atoms with Gasteiger partial charge in [-0.3, -0.25) is 9.78 Å². The Labute approximate surface area is 174 Å². The van der Waals surface area contributed by atoms with E-state index < -0.39 is 30.9 Å². The van der Waals surface area contributed by atoms with Gasteiger partial charge in [-0.2, -0.15) is 0 Å². The van der Waals surface area contributed by atoms with E-state index in [-0.39, 0.29) is 24.8 Å². The summed E-state index contributed by atoms with van der Waals surface area (Å²) in [7, 11) is -1.07. The average Bonchev–Trinajstić information content (AvgIpc) is 3.08. The summed E-state index contributed by atoms with van der Waals surface area (Å²) in [4.78, 5) is 29.3. The van der Waals surface area contributed by atoms with Crippen LogP contribution in [0.15, 0.2) is 24.4 Å².